The molecule has 0 saturated carbocycles. The first kappa shape index (κ1) is 14.1. The molecule has 0 unspecified atom stereocenters. The van der Waals surface area contributed by atoms with Crippen molar-refractivity contribution in [3.8, 4) is 11.5 Å². The Hall–Kier alpha value is -2.27. The van der Waals surface area contributed by atoms with Crippen LogP contribution in [0.3, 0.4) is 0 Å². The van der Waals surface area contributed by atoms with E-state index >= 15 is 0 Å². The number of carbonyl (C=O) groups excluding carboxylic acids is 1. The standard InChI is InChI=1S/C15H15NO3S/c1-18-11-5-7-14(19-2)13(10-11)16-15(17)8-6-12-4-3-9-20-12/h3-10H,1-2H3,(H,16,17)/b8-6+. The molecule has 1 amide bonds. The Morgan fingerprint density at radius 3 is 2.75 bits per heavy atom. The van der Waals surface area contributed by atoms with Crippen molar-refractivity contribution in [2.75, 3.05) is 19.5 Å². The first-order valence-corrected chi connectivity index (χ1v) is 6.85. The SMILES string of the molecule is COc1ccc(OC)c(NC(=O)/C=C/c2cccs2)c1. The zero-order valence-electron chi connectivity index (χ0n) is 11.3. The van der Waals surface area contributed by atoms with Gasteiger partial charge in [0.05, 0.1) is 19.9 Å². The Labute approximate surface area is 121 Å². The van der Waals surface area contributed by atoms with Gasteiger partial charge in [-0.1, -0.05) is 6.07 Å². The third kappa shape index (κ3) is 3.61. The van der Waals surface area contributed by atoms with Gasteiger partial charge in [0.25, 0.3) is 0 Å². The normalized spacial score (nSPS) is 10.5. The highest BCUT2D eigenvalue weighted by Gasteiger charge is 2.07. The summed E-state index contributed by atoms with van der Waals surface area (Å²) in [6.45, 7) is 0. The highest BCUT2D eigenvalue weighted by molar-refractivity contribution is 7.10. The second-order valence-corrected chi connectivity index (χ2v) is 4.88. The van der Waals surface area contributed by atoms with Gasteiger partial charge in [0, 0.05) is 17.0 Å². The molecule has 0 aliphatic heterocycles. The average Bonchev–Trinajstić information content (AvgIpc) is 2.98. The first-order chi connectivity index (χ1) is 9.72. The van der Waals surface area contributed by atoms with Gasteiger partial charge in [-0.15, -0.1) is 11.3 Å². The third-order valence-corrected chi connectivity index (χ3v) is 3.44. The van der Waals surface area contributed by atoms with Crippen molar-refractivity contribution in [1.29, 1.82) is 0 Å². The Morgan fingerprint density at radius 2 is 2.10 bits per heavy atom. The monoisotopic (exact) mass is 289 g/mol. The molecule has 20 heavy (non-hydrogen) atoms. The van der Waals surface area contributed by atoms with Gasteiger partial charge < -0.3 is 14.8 Å². The van der Waals surface area contributed by atoms with Crippen LogP contribution < -0.4 is 14.8 Å². The number of rotatable bonds is 5. The second kappa shape index (κ2) is 6.77. The fourth-order valence-electron chi connectivity index (χ4n) is 1.63. The molecule has 2 rings (SSSR count). The van der Waals surface area contributed by atoms with Crippen molar-refractivity contribution in [3.63, 3.8) is 0 Å². The second-order valence-electron chi connectivity index (χ2n) is 3.90. The van der Waals surface area contributed by atoms with Gasteiger partial charge >= 0.3 is 0 Å². The van der Waals surface area contributed by atoms with Crippen LogP contribution in [0.1, 0.15) is 4.88 Å². The fraction of sp³-hybridized carbons (Fsp3) is 0.133. The summed E-state index contributed by atoms with van der Waals surface area (Å²) in [5.74, 6) is 1.02. The Kier molecular flexibility index (Phi) is 4.79. The van der Waals surface area contributed by atoms with Gasteiger partial charge in [-0.05, 0) is 29.7 Å². The number of benzene rings is 1. The molecule has 0 aliphatic carbocycles. The van der Waals surface area contributed by atoms with Gasteiger partial charge in [-0.3, -0.25) is 4.79 Å². The largest absolute Gasteiger partial charge is 0.497 e. The quantitative estimate of drug-likeness (QED) is 0.858. The van der Waals surface area contributed by atoms with Crippen molar-refractivity contribution in [3.05, 3.63) is 46.7 Å². The van der Waals surface area contributed by atoms with Crippen molar-refractivity contribution < 1.29 is 14.3 Å². The van der Waals surface area contributed by atoms with Crippen molar-refractivity contribution in [2.24, 2.45) is 0 Å². The summed E-state index contributed by atoms with van der Waals surface area (Å²) in [7, 11) is 3.13. The van der Waals surface area contributed by atoms with E-state index in [1.807, 2.05) is 17.5 Å². The van der Waals surface area contributed by atoms with Gasteiger partial charge in [0.2, 0.25) is 5.91 Å². The summed E-state index contributed by atoms with van der Waals surface area (Å²) in [6.07, 6.45) is 3.26. The smallest absolute Gasteiger partial charge is 0.248 e. The summed E-state index contributed by atoms with van der Waals surface area (Å²) in [6, 6.07) is 9.12. The maximum atomic E-state index is 11.9. The molecule has 0 bridgehead atoms. The minimum absolute atomic E-state index is 0.218. The van der Waals surface area contributed by atoms with Crippen LogP contribution >= 0.6 is 11.3 Å². The van der Waals surface area contributed by atoms with E-state index in [1.165, 1.54) is 6.08 Å². The molecule has 0 spiro atoms. The van der Waals surface area contributed by atoms with E-state index in [2.05, 4.69) is 5.32 Å². The number of hydrogen-bond donors (Lipinski definition) is 1. The molecular formula is C15H15NO3S. The lowest BCUT2D eigenvalue weighted by Gasteiger charge is -2.10. The Balaban J connectivity index is 2.10. The molecule has 0 radical (unpaired) electrons. The summed E-state index contributed by atoms with van der Waals surface area (Å²) in [4.78, 5) is 12.9. The number of anilines is 1. The summed E-state index contributed by atoms with van der Waals surface area (Å²) in [5, 5.41) is 4.73. The van der Waals surface area contributed by atoms with Gasteiger partial charge in [-0.25, -0.2) is 0 Å². The van der Waals surface area contributed by atoms with Crippen LogP contribution in [-0.4, -0.2) is 20.1 Å². The van der Waals surface area contributed by atoms with Crippen LogP contribution in [0, 0.1) is 0 Å². The summed E-state index contributed by atoms with van der Waals surface area (Å²) in [5.41, 5.74) is 0.577. The molecule has 1 aromatic carbocycles. The molecule has 4 nitrogen and oxygen atoms in total. The topological polar surface area (TPSA) is 47.6 Å². The molecule has 5 heteroatoms. The third-order valence-electron chi connectivity index (χ3n) is 2.61. The predicted molar refractivity (Wildman–Crippen MR) is 81.5 cm³/mol. The van der Waals surface area contributed by atoms with E-state index in [-0.39, 0.29) is 5.91 Å². The van der Waals surface area contributed by atoms with Crippen molar-refractivity contribution >= 4 is 29.0 Å². The molecule has 2 aromatic rings. The van der Waals surface area contributed by atoms with E-state index in [9.17, 15) is 4.79 Å². The van der Waals surface area contributed by atoms with Crippen LogP contribution in [0.5, 0.6) is 11.5 Å². The minimum Gasteiger partial charge on any atom is -0.497 e. The number of thiophene rings is 1. The average molecular weight is 289 g/mol. The maximum Gasteiger partial charge on any atom is 0.248 e. The molecule has 0 fully saturated rings. The molecule has 1 heterocycles. The minimum atomic E-state index is -0.218. The Morgan fingerprint density at radius 1 is 1.25 bits per heavy atom. The Bertz CT molecular complexity index is 606. The van der Waals surface area contributed by atoms with Crippen LogP contribution in [0.15, 0.2) is 41.8 Å². The van der Waals surface area contributed by atoms with E-state index in [0.717, 1.165) is 4.88 Å². The number of amides is 1. The first-order valence-electron chi connectivity index (χ1n) is 5.97. The van der Waals surface area contributed by atoms with Gasteiger partial charge in [0.15, 0.2) is 0 Å². The molecule has 0 saturated heterocycles. The highest BCUT2D eigenvalue weighted by atomic mass is 32.1. The van der Waals surface area contributed by atoms with Gasteiger partial charge in [-0.2, -0.15) is 0 Å². The summed E-state index contributed by atoms with van der Waals surface area (Å²) >= 11 is 1.57. The number of carbonyl (C=O) groups is 1. The number of ether oxygens (including phenoxy) is 2. The molecular weight excluding hydrogens is 274 g/mol. The fourth-order valence-corrected chi connectivity index (χ4v) is 2.25. The number of methoxy groups -OCH3 is 2. The van der Waals surface area contributed by atoms with E-state index in [4.69, 9.17) is 9.47 Å². The predicted octanol–water partition coefficient (Wildman–Crippen LogP) is 3.42. The molecule has 104 valence electrons. The lowest BCUT2D eigenvalue weighted by Crippen LogP contribution is -2.09. The number of hydrogen-bond acceptors (Lipinski definition) is 4. The van der Waals surface area contributed by atoms with E-state index < -0.39 is 0 Å². The lowest BCUT2D eigenvalue weighted by atomic mass is 10.2. The lowest BCUT2D eigenvalue weighted by molar-refractivity contribution is -0.111. The van der Waals surface area contributed by atoms with Crippen LogP contribution in [0.4, 0.5) is 5.69 Å². The molecule has 1 N–H and O–H groups in total. The van der Waals surface area contributed by atoms with Crippen LogP contribution in [0.2, 0.25) is 0 Å². The summed E-state index contributed by atoms with van der Waals surface area (Å²) < 4.78 is 10.3. The van der Waals surface area contributed by atoms with Crippen molar-refractivity contribution in [2.45, 2.75) is 0 Å². The highest BCUT2D eigenvalue weighted by Crippen LogP contribution is 2.28. The number of nitrogens with one attached hydrogen (secondary N) is 1. The maximum absolute atomic E-state index is 11.9. The molecule has 0 aliphatic rings. The van der Waals surface area contributed by atoms with Crippen LogP contribution in [-0.2, 0) is 4.79 Å². The van der Waals surface area contributed by atoms with Crippen LogP contribution in [0.25, 0.3) is 6.08 Å². The zero-order valence-corrected chi connectivity index (χ0v) is 12.1. The molecule has 0 atom stereocenters. The van der Waals surface area contributed by atoms with E-state index in [0.29, 0.717) is 17.2 Å². The van der Waals surface area contributed by atoms with Gasteiger partial charge in [0.1, 0.15) is 11.5 Å². The molecule has 1 aromatic heterocycles. The zero-order chi connectivity index (χ0) is 14.4. The van der Waals surface area contributed by atoms with E-state index in [1.54, 1.807) is 49.8 Å². The van der Waals surface area contributed by atoms with Crippen molar-refractivity contribution in [1.82, 2.24) is 0 Å².